The molecule has 0 heterocycles. The van der Waals surface area contributed by atoms with E-state index in [4.69, 9.17) is 0 Å². The lowest BCUT2D eigenvalue weighted by Gasteiger charge is -2.31. The highest BCUT2D eigenvalue weighted by atomic mass is 32.2. The Morgan fingerprint density at radius 2 is 1.34 bits per heavy atom. The highest BCUT2D eigenvalue weighted by Gasteiger charge is 2.75. The molecule has 35 heavy (non-hydrogen) atoms. The Bertz CT molecular complexity index is 1470. The molecule has 0 aliphatic heterocycles. The second-order valence-corrected chi connectivity index (χ2v) is 10.9. The molecule has 0 amide bonds. The molecule has 0 saturated heterocycles. The van der Waals surface area contributed by atoms with Crippen molar-refractivity contribution in [1.82, 2.24) is 0 Å². The highest BCUT2D eigenvalue weighted by Crippen LogP contribution is 2.49. The lowest BCUT2D eigenvalue weighted by atomic mass is 10.1. The first-order valence-corrected chi connectivity index (χ1v) is 12.6. The summed E-state index contributed by atoms with van der Waals surface area (Å²) in [6.45, 7) is -3.26. The third-order valence-electron chi connectivity index (χ3n) is 4.26. The molecule has 2 rings (SSSR count). The minimum absolute atomic E-state index is 0.332. The summed E-state index contributed by atoms with van der Waals surface area (Å²) in [4.78, 5) is -5.95. The summed E-state index contributed by atoms with van der Waals surface area (Å²) in [5.41, 5.74) is 0. The fourth-order valence-electron chi connectivity index (χ4n) is 2.64. The van der Waals surface area contributed by atoms with E-state index in [1.165, 1.54) is 0 Å². The molecule has 0 bridgehead atoms. The van der Waals surface area contributed by atoms with Gasteiger partial charge >= 0.3 is 24.2 Å². The van der Waals surface area contributed by atoms with Gasteiger partial charge in [-0.1, -0.05) is 24.3 Å². The number of alkyl halides is 8. The third-order valence-corrected chi connectivity index (χ3v) is 7.68. The molecule has 198 valence electrons. The van der Waals surface area contributed by atoms with E-state index in [2.05, 4.69) is 4.18 Å². The molecular weight excluding hydrogens is 572 g/mol. The minimum atomic E-state index is -6.89. The van der Waals surface area contributed by atoms with Crippen LogP contribution in [0.15, 0.2) is 45.0 Å². The third kappa shape index (κ3) is 5.21. The van der Waals surface area contributed by atoms with Crippen LogP contribution in [0.25, 0.3) is 10.8 Å². The van der Waals surface area contributed by atoms with Crippen molar-refractivity contribution in [3.63, 3.8) is 0 Å². The standard InChI is InChI=1S/C15H10F8O9S3/c16-12(17)14(20,21)15(22,23)13(18,19)6-32-35(30,31)10-8-4-2-1-3-7(8)5-9(33(24,25)26)11(10)34(27,28)29/h1-5,12H,6H2,(H,24,25,26)(H,27,28,29). The van der Waals surface area contributed by atoms with Gasteiger partial charge in [0.1, 0.15) is 21.3 Å². The van der Waals surface area contributed by atoms with Crippen LogP contribution in [0.2, 0.25) is 0 Å². The highest BCUT2D eigenvalue weighted by molar-refractivity contribution is 7.91. The van der Waals surface area contributed by atoms with Gasteiger partial charge in [0.25, 0.3) is 30.4 Å². The summed E-state index contributed by atoms with van der Waals surface area (Å²) >= 11 is 0. The van der Waals surface area contributed by atoms with Crippen molar-refractivity contribution in [3.05, 3.63) is 30.3 Å². The van der Waals surface area contributed by atoms with E-state index in [1.54, 1.807) is 0 Å². The van der Waals surface area contributed by atoms with Crippen molar-refractivity contribution < 1.29 is 73.7 Å². The number of hydrogen-bond donors (Lipinski definition) is 2. The molecule has 0 aliphatic carbocycles. The van der Waals surface area contributed by atoms with Crippen LogP contribution in [-0.4, -0.2) is 65.2 Å². The second-order valence-electron chi connectivity index (χ2n) is 6.62. The molecule has 0 spiro atoms. The zero-order valence-corrected chi connectivity index (χ0v) is 18.6. The fourth-order valence-corrected chi connectivity index (χ4v) is 6.44. The van der Waals surface area contributed by atoms with E-state index in [-0.39, 0.29) is 0 Å². The Labute approximate surface area is 190 Å². The van der Waals surface area contributed by atoms with Crippen LogP contribution < -0.4 is 0 Å². The molecule has 9 nitrogen and oxygen atoms in total. The maximum absolute atomic E-state index is 13.8. The molecule has 2 N–H and O–H groups in total. The smallest absolute Gasteiger partial charge is 0.282 e. The van der Waals surface area contributed by atoms with Crippen molar-refractivity contribution >= 4 is 41.1 Å². The summed E-state index contributed by atoms with van der Waals surface area (Å²) < 4.78 is 199. The van der Waals surface area contributed by atoms with Crippen LogP contribution >= 0.6 is 0 Å². The maximum Gasteiger partial charge on any atom is 0.380 e. The average molecular weight is 582 g/mol. The van der Waals surface area contributed by atoms with Gasteiger partial charge in [0.2, 0.25) is 0 Å². The summed E-state index contributed by atoms with van der Waals surface area (Å²) in [7, 11) is -17.9. The number of hydrogen-bond acceptors (Lipinski definition) is 7. The quantitative estimate of drug-likeness (QED) is 0.258. The minimum Gasteiger partial charge on any atom is -0.282 e. The Kier molecular flexibility index (Phi) is 7.29. The molecule has 2 aromatic carbocycles. The second kappa shape index (κ2) is 8.76. The molecule has 0 unspecified atom stereocenters. The number of benzene rings is 2. The Morgan fingerprint density at radius 3 is 1.80 bits per heavy atom. The number of halogens is 8. The molecule has 0 aromatic heterocycles. The lowest BCUT2D eigenvalue weighted by molar-refractivity contribution is -0.342. The van der Waals surface area contributed by atoms with E-state index < -0.39 is 86.6 Å². The summed E-state index contributed by atoms with van der Waals surface area (Å²) in [5, 5.41) is -1.43. The summed E-state index contributed by atoms with van der Waals surface area (Å²) in [5.74, 6) is -19.9. The van der Waals surface area contributed by atoms with Gasteiger partial charge in [0, 0.05) is 5.39 Å². The van der Waals surface area contributed by atoms with E-state index in [0.29, 0.717) is 12.1 Å². The predicted octanol–water partition coefficient (Wildman–Crippen LogP) is 3.21. The van der Waals surface area contributed by atoms with Gasteiger partial charge in [-0.25, -0.2) is 8.78 Å². The van der Waals surface area contributed by atoms with E-state index >= 15 is 0 Å². The SMILES string of the molecule is O=S(=O)(O)c1cc2ccccc2c(S(=O)(=O)OCC(F)(F)C(F)(F)C(F)(F)C(F)F)c1S(=O)(=O)O. The van der Waals surface area contributed by atoms with Crippen molar-refractivity contribution in [2.45, 2.75) is 38.9 Å². The Hall–Kier alpha value is -2.13. The monoisotopic (exact) mass is 582 g/mol. The van der Waals surface area contributed by atoms with Crippen molar-refractivity contribution in [2.75, 3.05) is 6.61 Å². The van der Waals surface area contributed by atoms with E-state index in [1.807, 2.05) is 0 Å². The molecule has 2 aromatic rings. The topological polar surface area (TPSA) is 152 Å². The van der Waals surface area contributed by atoms with E-state index in [9.17, 15) is 69.5 Å². The van der Waals surface area contributed by atoms with Crippen molar-refractivity contribution in [3.8, 4) is 0 Å². The molecule has 20 heteroatoms. The first-order chi connectivity index (χ1) is 15.5. The Balaban J connectivity index is 2.80. The molecule has 0 atom stereocenters. The van der Waals surface area contributed by atoms with Gasteiger partial charge in [0.05, 0.1) is 0 Å². The van der Waals surface area contributed by atoms with Crippen LogP contribution in [0.5, 0.6) is 0 Å². The van der Waals surface area contributed by atoms with Crippen molar-refractivity contribution in [1.29, 1.82) is 0 Å². The number of rotatable bonds is 9. The van der Waals surface area contributed by atoms with Crippen LogP contribution in [0.4, 0.5) is 35.1 Å². The first kappa shape index (κ1) is 29.1. The Morgan fingerprint density at radius 1 is 0.829 bits per heavy atom. The largest absolute Gasteiger partial charge is 0.380 e. The molecule has 0 radical (unpaired) electrons. The predicted molar refractivity (Wildman–Crippen MR) is 97.6 cm³/mol. The van der Waals surface area contributed by atoms with Gasteiger partial charge in [-0.05, 0) is 11.5 Å². The van der Waals surface area contributed by atoms with Gasteiger partial charge < -0.3 is 0 Å². The van der Waals surface area contributed by atoms with Crippen molar-refractivity contribution in [2.24, 2.45) is 0 Å². The summed E-state index contributed by atoms with van der Waals surface area (Å²) in [6.07, 6.45) is -5.33. The zero-order chi connectivity index (χ0) is 27.4. The van der Waals surface area contributed by atoms with Crippen LogP contribution in [0.3, 0.4) is 0 Å². The normalized spacial score (nSPS) is 14.6. The number of fused-ring (bicyclic) bond motifs is 1. The van der Waals surface area contributed by atoms with Crippen LogP contribution in [-0.2, 0) is 34.5 Å². The molecule has 0 fully saturated rings. The van der Waals surface area contributed by atoms with Gasteiger partial charge in [-0.15, -0.1) is 0 Å². The van der Waals surface area contributed by atoms with Crippen LogP contribution in [0.1, 0.15) is 0 Å². The van der Waals surface area contributed by atoms with Gasteiger partial charge in [0.15, 0.2) is 0 Å². The van der Waals surface area contributed by atoms with E-state index in [0.717, 1.165) is 18.2 Å². The fraction of sp³-hybridized carbons (Fsp3) is 0.333. The molecule has 0 aliphatic rings. The van der Waals surface area contributed by atoms with Crippen LogP contribution in [0, 0.1) is 0 Å². The first-order valence-electron chi connectivity index (χ1n) is 8.30. The zero-order valence-electron chi connectivity index (χ0n) is 16.2. The maximum atomic E-state index is 13.8. The summed E-state index contributed by atoms with van der Waals surface area (Å²) in [6, 6.07) is 3.99. The lowest BCUT2D eigenvalue weighted by Crippen LogP contribution is -2.59. The molecule has 0 saturated carbocycles. The molecular formula is C15H10F8O9S3. The van der Waals surface area contributed by atoms with Gasteiger partial charge in [-0.3, -0.25) is 13.3 Å². The van der Waals surface area contributed by atoms with Gasteiger partial charge in [-0.2, -0.15) is 51.6 Å². The average Bonchev–Trinajstić information content (AvgIpc) is 2.69.